The van der Waals surface area contributed by atoms with Gasteiger partial charge in [-0.1, -0.05) is 6.07 Å². The van der Waals surface area contributed by atoms with E-state index in [4.69, 9.17) is 9.72 Å². The second-order valence-corrected chi connectivity index (χ2v) is 6.76. The second kappa shape index (κ2) is 7.66. The van der Waals surface area contributed by atoms with Crippen LogP contribution in [-0.2, 0) is 22.4 Å². The third-order valence-corrected chi connectivity index (χ3v) is 5.16. The number of nitrogens with one attached hydrogen (secondary N) is 1. The number of hydrogen-bond donors (Lipinski definition) is 1. The van der Waals surface area contributed by atoms with Crippen LogP contribution in [-0.4, -0.2) is 36.1 Å². The van der Waals surface area contributed by atoms with Gasteiger partial charge in [-0.3, -0.25) is 9.78 Å². The molecule has 0 aromatic carbocycles. The largest absolute Gasteiger partial charge is 0.385 e. The zero-order valence-corrected chi connectivity index (χ0v) is 14.1. The molecular formula is C17H21N3O2S. The van der Waals surface area contributed by atoms with Gasteiger partial charge in [-0.15, -0.1) is 11.3 Å². The molecule has 0 fully saturated rings. The molecule has 5 nitrogen and oxygen atoms in total. The lowest BCUT2D eigenvalue weighted by molar-refractivity contribution is -0.125. The van der Waals surface area contributed by atoms with Crippen LogP contribution >= 0.6 is 11.3 Å². The summed E-state index contributed by atoms with van der Waals surface area (Å²) in [4.78, 5) is 22.6. The Morgan fingerprint density at radius 2 is 2.39 bits per heavy atom. The van der Waals surface area contributed by atoms with Gasteiger partial charge >= 0.3 is 0 Å². The first-order valence-corrected chi connectivity index (χ1v) is 8.76. The molecule has 0 saturated carbocycles. The summed E-state index contributed by atoms with van der Waals surface area (Å²) in [5, 5.41) is 3.96. The fraction of sp³-hybridized carbons (Fsp3) is 0.471. The van der Waals surface area contributed by atoms with E-state index in [1.807, 2.05) is 18.2 Å². The molecule has 3 rings (SSSR count). The van der Waals surface area contributed by atoms with Crippen LogP contribution in [0.1, 0.15) is 23.4 Å². The van der Waals surface area contributed by atoms with E-state index in [2.05, 4.69) is 10.3 Å². The first-order valence-electron chi connectivity index (χ1n) is 7.94. The summed E-state index contributed by atoms with van der Waals surface area (Å²) >= 11 is 1.67. The predicted molar refractivity (Wildman–Crippen MR) is 90.4 cm³/mol. The van der Waals surface area contributed by atoms with Gasteiger partial charge in [0.25, 0.3) is 0 Å². The number of hydrogen-bond acceptors (Lipinski definition) is 5. The third-order valence-electron chi connectivity index (χ3n) is 4.02. The number of ether oxygens (including phenoxy) is 1. The number of fused-ring (bicyclic) bond motifs is 1. The zero-order valence-electron chi connectivity index (χ0n) is 13.2. The molecule has 122 valence electrons. The van der Waals surface area contributed by atoms with E-state index in [9.17, 15) is 4.79 Å². The fourth-order valence-corrected chi connectivity index (χ4v) is 3.93. The first-order chi connectivity index (χ1) is 11.3. The monoisotopic (exact) mass is 331 g/mol. The number of aromatic nitrogens is 2. The Morgan fingerprint density at radius 3 is 3.17 bits per heavy atom. The van der Waals surface area contributed by atoms with Crippen LogP contribution in [0.25, 0.3) is 10.7 Å². The Balaban J connectivity index is 1.62. The van der Waals surface area contributed by atoms with Crippen molar-refractivity contribution in [2.24, 2.45) is 5.92 Å². The molecule has 6 heteroatoms. The maximum atomic E-state index is 12.3. The van der Waals surface area contributed by atoms with Crippen molar-refractivity contribution in [3.8, 4) is 10.7 Å². The van der Waals surface area contributed by atoms with Crippen LogP contribution in [0.2, 0.25) is 0 Å². The van der Waals surface area contributed by atoms with Gasteiger partial charge < -0.3 is 10.1 Å². The van der Waals surface area contributed by atoms with E-state index in [1.165, 1.54) is 4.88 Å². The predicted octanol–water partition coefficient (Wildman–Crippen LogP) is 2.46. The molecular weight excluding hydrogens is 310 g/mol. The normalized spacial score (nSPS) is 16.8. The van der Waals surface area contributed by atoms with E-state index in [0.717, 1.165) is 42.1 Å². The van der Waals surface area contributed by atoms with Gasteiger partial charge in [-0.2, -0.15) is 0 Å². The minimum Gasteiger partial charge on any atom is -0.385 e. The molecule has 0 saturated heterocycles. The molecule has 0 aliphatic heterocycles. The van der Waals surface area contributed by atoms with Crippen molar-refractivity contribution in [1.82, 2.24) is 15.3 Å². The zero-order chi connectivity index (χ0) is 16.1. The molecule has 1 N–H and O–H groups in total. The Kier molecular flexibility index (Phi) is 5.35. The maximum absolute atomic E-state index is 12.3. The fourth-order valence-electron chi connectivity index (χ4n) is 2.77. The van der Waals surface area contributed by atoms with Crippen LogP contribution in [0.5, 0.6) is 0 Å². The number of aryl methyl sites for hydroxylation is 1. The van der Waals surface area contributed by atoms with Crippen molar-refractivity contribution in [2.75, 3.05) is 20.3 Å². The Bertz CT molecular complexity index is 657. The van der Waals surface area contributed by atoms with E-state index >= 15 is 0 Å². The number of nitrogens with zero attached hydrogens (tertiary/aromatic N) is 2. The molecule has 2 aromatic rings. The summed E-state index contributed by atoms with van der Waals surface area (Å²) in [6.07, 6.45) is 5.16. The van der Waals surface area contributed by atoms with Gasteiger partial charge in [-0.05, 0) is 37.8 Å². The smallest absolute Gasteiger partial charge is 0.223 e. The summed E-state index contributed by atoms with van der Waals surface area (Å²) in [5.74, 6) is 0.210. The molecule has 1 aliphatic rings. The van der Waals surface area contributed by atoms with E-state index < -0.39 is 0 Å². The van der Waals surface area contributed by atoms with Crippen molar-refractivity contribution >= 4 is 17.2 Å². The summed E-state index contributed by atoms with van der Waals surface area (Å²) in [6, 6.07) is 5.85. The summed E-state index contributed by atoms with van der Waals surface area (Å²) < 4.78 is 5.00. The van der Waals surface area contributed by atoms with Crippen molar-refractivity contribution in [1.29, 1.82) is 0 Å². The Hall–Kier alpha value is -1.79. The number of thiazole rings is 1. The maximum Gasteiger partial charge on any atom is 0.223 e. The highest BCUT2D eigenvalue weighted by molar-refractivity contribution is 7.15. The van der Waals surface area contributed by atoms with E-state index in [-0.39, 0.29) is 11.8 Å². The second-order valence-electron chi connectivity index (χ2n) is 5.68. The van der Waals surface area contributed by atoms with Crippen molar-refractivity contribution in [2.45, 2.75) is 25.7 Å². The van der Waals surface area contributed by atoms with Crippen molar-refractivity contribution < 1.29 is 9.53 Å². The van der Waals surface area contributed by atoms with Gasteiger partial charge in [-0.25, -0.2) is 4.98 Å². The average molecular weight is 331 g/mol. The topological polar surface area (TPSA) is 64.1 Å². The number of carbonyl (C=O) groups excluding carboxylic acids is 1. The lowest BCUT2D eigenvalue weighted by Crippen LogP contribution is -2.34. The molecule has 23 heavy (non-hydrogen) atoms. The Morgan fingerprint density at radius 1 is 1.48 bits per heavy atom. The third kappa shape index (κ3) is 3.95. The Labute approximate surface area is 140 Å². The number of carbonyl (C=O) groups is 1. The highest BCUT2D eigenvalue weighted by Gasteiger charge is 2.27. The SMILES string of the molecule is COCCCNC(=O)C1CCc2nc(-c3ccccn3)sc2C1. The highest BCUT2D eigenvalue weighted by atomic mass is 32.1. The van der Waals surface area contributed by atoms with E-state index in [1.54, 1.807) is 24.6 Å². The van der Waals surface area contributed by atoms with Gasteiger partial charge in [0.2, 0.25) is 5.91 Å². The molecule has 2 heterocycles. The van der Waals surface area contributed by atoms with Crippen LogP contribution < -0.4 is 5.32 Å². The first kappa shape index (κ1) is 16.1. The summed E-state index contributed by atoms with van der Waals surface area (Å²) in [7, 11) is 1.67. The lowest BCUT2D eigenvalue weighted by atomic mass is 9.90. The van der Waals surface area contributed by atoms with Crippen molar-refractivity contribution in [3.63, 3.8) is 0 Å². The minimum absolute atomic E-state index is 0.0575. The highest BCUT2D eigenvalue weighted by Crippen LogP contribution is 2.33. The quantitative estimate of drug-likeness (QED) is 0.826. The summed E-state index contributed by atoms with van der Waals surface area (Å²) in [5.41, 5.74) is 2.05. The molecule has 2 aromatic heterocycles. The minimum atomic E-state index is 0.0575. The molecule has 0 spiro atoms. The molecule has 0 bridgehead atoms. The van der Waals surface area contributed by atoms with E-state index in [0.29, 0.717) is 13.2 Å². The summed E-state index contributed by atoms with van der Waals surface area (Å²) in [6.45, 7) is 1.36. The van der Waals surface area contributed by atoms with Crippen LogP contribution in [0.15, 0.2) is 24.4 Å². The number of methoxy groups -OCH3 is 1. The van der Waals surface area contributed by atoms with Gasteiger partial charge in [0, 0.05) is 37.3 Å². The van der Waals surface area contributed by atoms with Crippen LogP contribution in [0.3, 0.4) is 0 Å². The molecule has 1 atom stereocenters. The van der Waals surface area contributed by atoms with Gasteiger partial charge in [0.15, 0.2) is 0 Å². The van der Waals surface area contributed by atoms with Crippen molar-refractivity contribution in [3.05, 3.63) is 35.0 Å². The molecule has 1 unspecified atom stereocenters. The number of pyridine rings is 1. The van der Waals surface area contributed by atoms with Crippen LogP contribution in [0, 0.1) is 5.92 Å². The standard InChI is InChI=1S/C17H21N3O2S/c1-22-10-4-9-19-16(21)12-6-7-13-15(11-12)23-17(20-13)14-5-2-3-8-18-14/h2-3,5,8,12H,4,6-7,9-11H2,1H3,(H,19,21). The number of rotatable bonds is 6. The number of amides is 1. The molecule has 1 amide bonds. The van der Waals surface area contributed by atoms with Crippen LogP contribution in [0.4, 0.5) is 0 Å². The average Bonchev–Trinajstić information content (AvgIpc) is 3.02. The molecule has 0 radical (unpaired) electrons. The molecule has 1 aliphatic carbocycles. The van der Waals surface area contributed by atoms with Gasteiger partial charge in [0.1, 0.15) is 5.01 Å². The van der Waals surface area contributed by atoms with Gasteiger partial charge in [0.05, 0.1) is 11.4 Å². The lowest BCUT2D eigenvalue weighted by Gasteiger charge is -2.20.